The lowest BCUT2D eigenvalue weighted by molar-refractivity contribution is -0.122. The monoisotopic (exact) mass is 406 g/mol. The Morgan fingerprint density at radius 3 is 2.41 bits per heavy atom. The van der Waals surface area contributed by atoms with Crippen molar-refractivity contribution in [2.75, 3.05) is 0 Å². The van der Waals surface area contributed by atoms with Gasteiger partial charge >= 0.3 is 5.76 Å². The Morgan fingerprint density at radius 2 is 1.69 bits per heavy atom. The third-order valence-corrected chi connectivity index (χ3v) is 4.99. The lowest BCUT2D eigenvalue weighted by Crippen LogP contribution is -2.34. The Bertz CT molecular complexity index is 1180. The van der Waals surface area contributed by atoms with Crippen LogP contribution >= 0.6 is 11.6 Å². The van der Waals surface area contributed by atoms with Crippen LogP contribution in [0.4, 0.5) is 0 Å². The zero-order chi connectivity index (χ0) is 20.2. The van der Waals surface area contributed by atoms with Crippen LogP contribution in [0, 0.1) is 0 Å². The summed E-state index contributed by atoms with van der Waals surface area (Å²) < 4.78 is 6.52. The molecular weight excluding hydrogens is 388 g/mol. The largest absolute Gasteiger partial charge is 0.420 e. The van der Waals surface area contributed by atoms with Crippen LogP contribution < -0.4 is 11.1 Å². The van der Waals surface area contributed by atoms with Gasteiger partial charge in [-0.1, -0.05) is 72.3 Å². The summed E-state index contributed by atoms with van der Waals surface area (Å²) in [6.07, 6.45) is 0.646. The number of rotatable bonds is 6. The molecule has 1 N–H and O–H groups in total. The van der Waals surface area contributed by atoms with Crippen molar-refractivity contribution in [3.63, 3.8) is 0 Å². The smallest absolute Gasteiger partial charge is 0.408 e. The molecule has 146 valence electrons. The summed E-state index contributed by atoms with van der Waals surface area (Å²) >= 11 is 5.95. The second kappa shape index (κ2) is 8.37. The van der Waals surface area contributed by atoms with Crippen LogP contribution in [0.2, 0.25) is 5.02 Å². The first-order valence-electron chi connectivity index (χ1n) is 9.27. The van der Waals surface area contributed by atoms with Crippen LogP contribution in [-0.2, 0) is 17.8 Å². The molecule has 0 radical (unpaired) electrons. The maximum absolute atomic E-state index is 12.8. The molecule has 4 aromatic rings. The fraction of sp³-hybridized carbons (Fsp3) is 0.130. The Labute approximate surface area is 172 Å². The van der Waals surface area contributed by atoms with Crippen molar-refractivity contribution in [2.45, 2.75) is 19.0 Å². The molecule has 0 saturated carbocycles. The second-order valence-corrected chi connectivity index (χ2v) is 7.22. The van der Waals surface area contributed by atoms with Crippen molar-refractivity contribution in [3.05, 3.63) is 106 Å². The number of carbonyl (C=O) groups is 1. The van der Waals surface area contributed by atoms with Crippen LogP contribution in [0.3, 0.4) is 0 Å². The number of halogens is 1. The Kier molecular flexibility index (Phi) is 5.49. The minimum absolute atomic E-state index is 0.133. The summed E-state index contributed by atoms with van der Waals surface area (Å²) in [7, 11) is 0. The van der Waals surface area contributed by atoms with E-state index in [2.05, 4.69) is 5.32 Å². The second-order valence-electron chi connectivity index (χ2n) is 6.79. The molecule has 0 unspecified atom stereocenters. The standard InChI is InChI=1S/C23H19ClN2O3/c24-18-11-12-20-21(14-18)29-23(28)26(20)15-22(27)25-19(17-9-5-2-6-10-17)13-16-7-3-1-4-8-16/h1-12,14,19H,13,15H2,(H,25,27)/t19-/m1/s1. The molecule has 5 nitrogen and oxygen atoms in total. The quantitative estimate of drug-likeness (QED) is 0.517. The maximum atomic E-state index is 12.8. The van der Waals surface area contributed by atoms with Crippen LogP contribution in [0.1, 0.15) is 17.2 Å². The van der Waals surface area contributed by atoms with E-state index >= 15 is 0 Å². The number of oxazole rings is 1. The lowest BCUT2D eigenvalue weighted by atomic mass is 9.99. The molecule has 1 aromatic heterocycles. The summed E-state index contributed by atoms with van der Waals surface area (Å²) in [4.78, 5) is 25.0. The summed E-state index contributed by atoms with van der Waals surface area (Å²) in [5, 5.41) is 3.52. The van der Waals surface area contributed by atoms with E-state index in [4.69, 9.17) is 16.0 Å². The number of hydrogen-bond acceptors (Lipinski definition) is 3. The minimum atomic E-state index is -0.586. The third kappa shape index (κ3) is 4.41. The van der Waals surface area contributed by atoms with Gasteiger partial charge < -0.3 is 9.73 Å². The highest BCUT2D eigenvalue weighted by molar-refractivity contribution is 6.31. The number of hydrogen-bond donors (Lipinski definition) is 1. The van der Waals surface area contributed by atoms with Crippen LogP contribution in [0.15, 0.2) is 88.1 Å². The van der Waals surface area contributed by atoms with E-state index in [1.807, 2.05) is 60.7 Å². The van der Waals surface area contributed by atoms with Gasteiger partial charge in [0.15, 0.2) is 5.58 Å². The van der Waals surface area contributed by atoms with Crippen molar-refractivity contribution >= 4 is 28.6 Å². The number of nitrogens with zero attached hydrogens (tertiary/aromatic N) is 1. The first-order chi connectivity index (χ1) is 14.1. The predicted octanol–water partition coefficient (Wildman–Crippen LogP) is 4.35. The van der Waals surface area contributed by atoms with Gasteiger partial charge in [0.05, 0.1) is 11.6 Å². The molecule has 0 aliphatic carbocycles. The lowest BCUT2D eigenvalue weighted by Gasteiger charge is -2.19. The fourth-order valence-electron chi connectivity index (χ4n) is 3.36. The number of carbonyl (C=O) groups excluding carboxylic acids is 1. The predicted molar refractivity (Wildman–Crippen MR) is 113 cm³/mol. The van der Waals surface area contributed by atoms with Gasteiger partial charge in [-0.25, -0.2) is 4.79 Å². The molecule has 0 aliphatic heterocycles. The number of fused-ring (bicyclic) bond motifs is 1. The van der Waals surface area contributed by atoms with Crippen molar-refractivity contribution in [1.29, 1.82) is 0 Å². The van der Waals surface area contributed by atoms with Gasteiger partial charge in [0.2, 0.25) is 5.91 Å². The molecule has 1 atom stereocenters. The fourth-order valence-corrected chi connectivity index (χ4v) is 3.52. The van der Waals surface area contributed by atoms with Gasteiger partial charge in [0.1, 0.15) is 6.54 Å². The first kappa shape index (κ1) is 19.0. The summed E-state index contributed by atoms with van der Waals surface area (Å²) in [5.74, 6) is -0.855. The Morgan fingerprint density at radius 1 is 1.00 bits per heavy atom. The minimum Gasteiger partial charge on any atom is -0.408 e. The van der Waals surface area contributed by atoms with Crippen molar-refractivity contribution in [3.8, 4) is 0 Å². The number of nitrogens with one attached hydrogen (secondary N) is 1. The number of aromatic nitrogens is 1. The highest BCUT2D eigenvalue weighted by atomic mass is 35.5. The van der Waals surface area contributed by atoms with Gasteiger partial charge in [-0.15, -0.1) is 0 Å². The van der Waals surface area contributed by atoms with Gasteiger partial charge in [0, 0.05) is 11.1 Å². The number of amides is 1. The third-order valence-electron chi connectivity index (χ3n) is 4.75. The van der Waals surface area contributed by atoms with Crippen LogP contribution in [0.5, 0.6) is 0 Å². The maximum Gasteiger partial charge on any atom is 0.420 e. The summed E-state index contributed by atoms with van der Waals surface area (Å²) in [6, 6.07) is 24.4. The Balaban J connectivity index is 1.57. The molecule has 0 spiro atoms. The molecule has 0 fully saturated rings. The summed E-state index contributed by atoms with van der Waals surface area (Å²) in [5.41, 5.74) is 3.01. The zero-order valence-electron chi connectivity index (χ0n) is 15.5. The van der Waals surface area contributed by atoms with E-state index in [1.165, 1.54) is 4.57 Å². The first-order valence-corrected chi connectivity index (χ1v) is 9.65. The SMILES string of the molecule is O=C(Cn1c(=O)oc2cc(Cl)ccc21)N[C@H](Cc1ccccc1)c1ccccc1. The van der Waals surface area contributed by atoms with Gasteiger partial charge in [-0.3, -0.25) is 9.36 Å². The molecule has 1 heterocycles. The molecular formula is C23H19ClN2O3. The van der Waals surface area contributed by atoms with Crippen molar-refractivity contribution < 1.29 is 9.21 Å². The summed E-state index contributed by atoms with van der Waals surface area (Å²) in [6.45, 7) is -0.133. The molecule has 0 saturated heterocycles. The average Bonchev–Trinajstić information content (AvgIpc) is 3.03. The molecule has 4 rings (SSSR count). The molecule has 0 bridgehead atoms. The van der Waals surface area contributed by atoms with Gasteiger partial charge in [-0.2, -0.15) is 0 Å². The zero-order valence-corrected chi connectivity index (χ0v) is 16.3. The van der Waals surface area contributed by atoms with Gasteiger partial charge in [0.25, 0.3) is 0 Å². The van der Waals surface area contributed by atoms with E-state index in [0.29, 0.717) is 22.5 Å². The molecule has 3 aromatic carbocycles. The van der Waals surface area contributed by atoms with Crippen LogP contribution in [0.25, 0.3) is 11.1 Å². The van der Waals surface area contributed by atoms with Crippen molar-refractivity contribution in [1.82, 2.24) is 9.88 Å². The highest BCUT2D eigenvalue weighted by Crippen LogP contribution is 2.20. The highest BCUT2D eigenvalue weighted by Gasteiger charge is 2.18. The topological polar surface area (TPSA) is 64.2 Å². The van der Waals surface area contributed by atoms with E-state index < -0.39 is 5.76 Å². The van der Waals surface area contributed by atoms with E-state index in [-0.39, 0.29) is 18.5 Å². The van der Waals surface area contributed by atoms with E-state index in [0.717, 1.165) is 11.1 Å². The Hall–Kier alpha value is -3.31. The van der Waals surface area contributed by atoms with Crippen LogP contribution in [-0.4, -0.2) is 10.5 Å². The molecule has 29 heavy (non-hydrogen) atoms. The average molecular weight is 407 g/mol. The van der Waals surface area contributed by atoms with E-state index in [9.17, 15) is 9.59 Å². The number of benzene rings is 3. The van der Waals surface area contributed by atoms with Crippen molar-refractivity contribution in [2.24, 2.45) is 0 Å². The molecule has 1 amide bonds. The van der Waals surface area contributed by atoms with E-state index in [1.54, 1.807) is 18.2 Å². The van der Waals surface area contributed by atoms with Gasteiger partial charge in [-0.05, 0) is 29.7 Å². The molecule has 0 aliphatic rings. The normalized spacial score (nSPS) is 12.0. The molecule has 6 heteroatoms.